The monoisotopic (exact) mass is 283 g/mol. The second-order valence-corrected chi connectivity index (χ2v) is 6.36. The Labute approximate surface area is 125 Å². The summed E-state index contributed by atoms with van der Waals surface area (Å²) in [5, 5.41) is 3.62. The van der Waals surface area contributed by atoms with Crippen LogP contribution in [0.15, 0.2) is 47.4 Å². The Kier molecular flexibility index (Phi) is 4.02. The van der Waals surface area contributed by atoms with Gasteiger partial charge in [0.25, 0.3) is 0 Å². The second kappa shape index (κ2) is 5.92. The van der Waals surface area contributed by atoms with Gasteiger partial charge in [-0.3, -0.25) is 0 Å². The summed E-state index contributed by atoms with van der Waals surface area (Å²) >= 11 is 1.79. The van der Waals surface area contributed by atoms with E-state index >= 15 is 0 Å². The van der Waals surface area contributed by atoms with Crippen molar-refractivity contribution in [1.29, 1.82) is 0 Å². The molecule has 104 valence electrons. The number of aryl methyl sites for hydroxylation is 2. The van der Waals surface area contributed by atoms with Gasteiger partial charge in [-0.05, 0) is 73.4 Å². The van der Waals surface area contributed by atoms with Gasteiger partial charge in [-0.2, -0.15) is 0 Å². The minimum atomic E-state index is 0.338. The van der Waals surface area contributed by atoms with Crippen LogP contribution < -0.4 is 5.32 Å². The molecule has 2 aromatic rings. The number of fused-ring (bicyclic) bond motifs is 1. The molecular formula is C18H21NS. The van der Waals surface area contributed by atoms with Crippen LogP contribution in [0.3, 0.4) is 0 Å². The largest absolute Gasteiger partial charge is 0.379 e. The van der Waals surface area contributed by atoms with Gasteiger partial charge in [-0.25, -0.2) is 0 Å². The molecule has 1 unspecified atom stereocenters. The normalized spacial score (nSPS) is 14.9. The average molecular weight is 283 g/mol. The molecule has 1 aliphatic rings. The van der Waals surface area contributed by atoms with E-state index in [4.69, 9.17) is 0 Å². The highest BCUT2D eigenvalue weighted by Crippen LogP contribution is 2.27. The molecule has 2 aromatic carbocycles. The first-order valence-corrected chi connectivity index (χ1v) is 8.51. The summed E-state index contributed by atoms with van der Waals surface area (Å²) in [6.45, 7) is 2.22. The van der Waals surface area contributed by atoms with E-state index in [1.807, 2.05) is 0 Å². The molecule has 0 saturated carbocycles. The van der Waals surface area contributed by atoms with Crippen LogP contribution in [-0.4, -0.2) is 6.26 Å². The third kappa shape index (κ3) is 2.85. The first-order chi connectivity index (χ1) is 9.76. The number of hydrogen-bond donors (Lipinski definition) is 1. The molecule has 0 aromatic heterocycles. The summed E-state index contributed by atoms with van der Waals surface area (Å²) in [7, 11) is 0. The van der Waals surface area contributed by atoms with E-state index in [2.05, 4.69) is 61.0 Å². The highest BCUT2D eigenvalue weighted by molar-refractivity contribution is 7.98. The Bertz CT molecular complexity index is 589. The van der Waals surface area contributed by atoms with E-state index in [1.165, 1.54) is 46.5 Å². The number of rotatable bonds is 4. The lowest BCUT2D eigenvalue weighted by Crippen LogP contribution is -2.06. The van der Waals surface area contributed by atoms with Crippen molar-refractivity contribution in [3.05, 3.63) is 59.2 Å². The molecule has 1 nitrogen and oxygen atoms in total. The van der Waals surface area contributed by atoms with Crippen molar-refractivity contribution >= 4 is 17.4 Å². The number of nitrogens with one attached hydrogen (secondary N) is 1. The molecule has 2 heteroatoms. The summed E-state index contributed by atoms with van der Waals surface area (Å²) in [5.41, 5.74) is 5.64. The SMILES string of the molecule is CSc1ccc(C(C)Nc2ccc3c(c2)CCC3)cc1. The van der Waals surface area contributed by atoms with Crippen LogP contribution in [0, 0.1) is 0 Å². The first kappa shape index (κ1) is 13.6. The molecule has 0 amide bonds. The number of hydrogen-bond acceptors (Lipinski definition) is 2. The van der Waals surface area contributed by atoms with Crippen LogP contribution in [0.4, 0.5) is 5.69 Å². The van der Waals surface area contributed by atoms with Crippen molar-refractivity contribution in [2.75, 3.05) is 11.6 Å². The fourth-order valence-corrected chi connectivity index (χ4v) is 3.30. The van der Waals surface area contributed by atoms with Gasteiger partial charge in [-0.1, -0.05) is 18.2 Å². The smallest absolute Gasteiger partial charge is 0.0485 e. The number of benzene rings is 2. The Hall–Kier alpha value is -1.41. The molecule has 0 radical (unpaired) electrons. The third-order valence-corrected chi connectivity index (χ3v) is 4.84. The zero-order chi connectivity index (χ0) is 13.9. The van der Waals surface area contributed by atoms with Gasteiger partial charge in [0.2, 0.25) is 0 Å². The Balaban J connectivity index is 1.73. The van der Waals surface area contributed by atoms with Gasteiger partial charge in [0, 0.05) is 16.6 Å². The molecule has 0 fully saturated rings. The molecule has 0 bridgehead atoms. The van der Waals surface area contributed by atoms with E-state index in [9.17, 15) is 0 Å². The molecular weight excluding hydrogens is 262 g/mol. The van der Waals surface area contributed by atoms with Crippen molar-refractivity contribution in [2.24, 2.45) is 0 Å². The molecule has 0 aliphatic heterocycles. The van der Waals surface area contributed by atoms with E-state index in [1.54, 1.807) is 11.8 Å². The standard InChI is InChI=1S/C18H21NS/c1-13(14-7-10-18(20-2)11-8-14)19-17-9-6-15-4-3-5-16(15)12-17/h6-13,19H,3-5H2,1-2H3. The van der Waals surface area contributed by atoms with Gasteiger partial charge in [0.15, 0.2) is 0 Å². The zero-order valence-corrected chi connectivity index (χ0v) is 13.0. The lowest BCUT2D eigenvalue weighted by Gasteiger charge is -2.17. The average Bonchev–Trinajstić information content (AvgIpc) is 2.95. The quantitative estimate of drug-likeness (QED) is 0.786. The van der Waals surface area contributed by atoms with Crippen LogP contribution in [0.2, 0.25) is 0 Å². The molecule has 0 heterocycles. The molecule has 1 atom stereocenters. The fraction of sp³-hybridized carbons (Fsp3) is 0.333. The minimum Gasteiger partial charge on any atom is -0.379 e. The molecule has 3 rings (SSSR count). The van der Waals surface area contributed by atoms with Crippen LogP contribution in [0.1, 0.15) is 36.1 Å². The number of thioether (sulfide) groups is 1. The summed E-state index contributed by atoms with van der Waals surface area (Å²) in [6.07, 6.45) is 5.91. The van der Waals surface area contributed by atoms with Crippen LogP contribution in [0.25, 0.3) is 0 Å². The number of anilines is 1. The van der Waals surface area contributed by atoms with Crippen LogP contribution >= 0.6 is 11.8 Å². The third-order valence-electron chi connectivity index (χ3n) is 4.10. The van der Waals surface area contributed by atoms with Crippen molar-refractivity contribution in [3.63, 3.8) is 0 Å². The Morgan fingerprint density at radius 1 is 1.00 bits per heavy atom. The lowest BCUT2D eigenvalue weighted by atomic mass is 10.1. The predicted octanol–water partition coefficient (Wildman–Crippen LogP) is 5.07. The Morgan fingerprint density at radius 3 is 2.50 bits per heavy atom. The summed E-state index contributed by atoms with van der Waals surface area (Å²) < 4.78 is 0. The van der Waals surface area contributed by atoms with E-state index < -0.39 is 0 Å². The van der Waals surface area contributed by atoms with E-state index in [0.29, 0.717) is 6.04 Å². The zero-order valence-electron chi connectivity index (χ0n) is 12.1. The van der Waals surface area contributed by atoms with Crippen molar-refractivity contribution in [2.45, 2.75) is 37.1 Å². The molecule has 0 spiro atoms. The summed E-state index contributed by atoms with van der Waals surface area (Å²) in [4.78, 5) is 1.32. The van der Waals surface area contributed by atoms with Gasteiger partial charge >= 0.3 is 0 Å². The van der Waals surface area contributed by atoms with Gasteiger partial charge in [-0.15, -0.1) is 11.8 Å². The van der Waals surface area contributed by atoms with Crippen LogP contribution in [0.5, 0.6) is 0 Å². The maximum absolute atomic E-state index is 3.62. The predicted molar refractivity (Wildman–Crippen MR) is 88.7 cm³/mol. The molecule has 20 heavy (non-hydrogen) atoms. The molecule has 0 saturated heterocycles. The lowest BCUT2D eigenvalue weighted by molar-refractivity contribution is 0.882. The van der Waals surface area contributed by atoms with Crippen molar-refractivity contribution < 1.29 is 0 Å². The summed E-state index contributed by atoms with van der Waals surface area (Å²) in [6, 6.07) is 16.0. The highest BCUT2D eigenvalue weighted by Gasteiger charge is 2.12. The minimum absolute atomic E-state index is 0.338. The van der Waals surface area contributed by atoms with Crippen LogP contribution in [-0.2, 0) is 12.8 Å². The topological polar surface area (TPSA) is 12.0 Å². The molecule has 1 aliphatic carbocycles. The summed E-state index contributed by atoms with van der Waals surface area (Å²) in [5.74, 6) is 0. The van der Waals surface area contributed by atoms with E-state index in [-0.39, 0.29) is 0 Å². The van der Waals surface area contributed by atoms with Crippen molar-refractivity contribution in [3.8, 4) is 0 Å². The van der Waals surface area contributed by atoms with Gasteiger partial charge in [0.05, 0.1) is 0 Å². The van der Waals surface area contributed by atoms with Gasteiger partial charge in [0.1, 0.15) is 0 Å². The molecule has 1 N–H and O–H groups in total. The maximum Gasteiger partial charge on any atom is 0.0485 e. The highest BCUT2D eigenvalue weighted by atomic mass is 32.2. The Morgan fingerprint density at radius 2 is 1.75 bits per heavy atom. The van der Waals surface area contributed by atoms with E-state index in [0.717, 1.165) is 0 Å². The fourth-order valence-electron chi connectivity index (χ4n) is 2.89. The first-order valence-electron chi connectivity index (χ1n) is 7.28. The van der Waals surface area contributed by atoms with Gasteiger partial charge < -0.3 is 5.32 Å². The van der Waals surface area contributed by atoms with Crippen molar-refractivity contribution in [1.82, 2.24) is 0 Å². The second-order valence-electron chi connectivity index (χ2n) is 5.48. The maximum atomic E-state index is 3.62.